The normalized spacial score (nSPS) is 17.5. The standard InChI is InChI=1S/C15H26N4O/c1-15(2,3)19-11-13(10-17-19)14(20)18-7-5-12(6-8-18)9-16-4/h10-12,16H,5-9H2,1-4H3. The summed E-state index contributed by atoms with van der Waals surface area (Å²) in [5, 5.41) is 7.52. The van der Waals surface area contributed by atoms with Crippen LogP contribution in [0, 0.1) is 5.92 Å². The first-order valence-electron chi connectivity index (χ1n) is 7.41. The summed E-state index contributed by atoms with van der Waals surface area (Å²) in [6.45, 7) is 8.99. The van der Waals surface area contributed by atoms with Crippen molar-refractivity contribution in [1.82, 2.24) is 20.0 Å². The lowest BCUT2D eigenvalue weighted by atomic mass is 9.96. The topological polar surface area (TPSA) is 50.2 Å². The Kier molecular flexibility index (Phi) is 4.48. The third-order valence-electron chi connectivity index (χ3n) is 3.91. The average Bonchev–Trinajstić information content (AvgIpc) is 2.89. The van der Waals surface area contributed by atoms with E-state index in [0.29, 0.717) is 11.5 Å². The zero-order chi connectivity index (χ0) is 14.8. The van der Waals surface area contributed by atoms with Crippen molar-refractivity contribution in [2.75, 3.05) is 26.7 Å². The second kappa shape index (κ2) is 5.95. The van der Waals surface area contributed by atoms with Crippen LogP contribution >= 0.6 is 0 Å². The van der Waals surface area contributed by atoms with E-state index in [4.69, 9.17) is 0 Å². The highest BCUT2D eigenvalue weighted by molar-refractivity contribution is 5.93. The Morgan fingerprint density at radius 1 is 1.40 bits per heavy atom. The zero-order valence-electron chi connectivity index (χ0n) is 13.0. The molecule has 0 bridgehead atoms. The third-order valence-corrected chi connectivity index (χ3v) is 3.91. The first-order valence-corrected chi connectivity index (χ1v) is 7.41. The summed E-state index contributed by atoms with van der Waals surface area (Å²) in [5.41, 5.74) is 0.616. The van der Waals surface area contributed by atoms with Gasteiger partial charge < -0.3 is 10.2 Å². The lowest BCUT2D eigenvalue weighted by molar-refractivity contribution is 0.0690. The summed E-state index contributed by atoms with van der Waals surface area (Å²) >= 11 is 0. The van der Waals surface area contributed by atoms with E-state index >= 15 is 0 Å². The molecule has 0 aromatic carbocycles. The number of amides is 1. The Labute approximate surface area is 121 Å². The number of likely N-dealkylation sites (tertiary alicyclic amines) is 1. The van der Waals surface area contributed by atoms with Gasteiger partial charge in [-0.25, -0.2) is 0 Å². The molecule has 1 fully saturated rings. The predicted octanol–water partition coefficient (Wildman–Crippen LogP) is 1.71. The van der Waals surface area contributed by atoms with Crippen molar-refractivity contribution in [1.29, 1.82) is 0 Å². The number of hydrogen-bond acceptors (Lipinski definition) is 3. The molecule has 0 spiro atoms. The maximum absolute atomic E-state index is 12.5. The largest absolute Gasteiger partial charge is 0.339 e. The van der Waals surface area contributed by atoms with Crippen LogP contribution in [-0.2, 0) is 5.54 Å². The fourth-order valence-electron chi connectivity index (χ4n) is 2.61. The van der Waals surface area contributed by atoms with E-state index in [1.54, 1.807) is 6.20 Å². The predicted molar refractivity (Wildman–Crippen MR) is 79.8 cm³/mol. The SMILES string of the molecule is CNCC1CCN(C(=O)c2cnn(C(C)(C)C)c2)CC1. The van der Waals surface area contributed by atoms with Crippen LogP contribution in [0.15, 0.2) is 12.4 Å². The molecule has 5 nitrogen and oxygen atoms in total. The monoisotopic (exact) mass is 278 g/mol. The van der Waals surface area contributed by atoms with Gasteiger partial charge in [0, 0.05) is 19.3 Å². The molecular weight excluding hydrogens is 252 g/mol. The molecule has 112 valence electrons. The first-order chi connectivity index (χ1) is 9.41. The van der Waals surface area contributed by atoms with Crippen LogP contribution in [0.2, 0.25) is 0 Å². The minimum atomic E-state index is -0.0850. The molecule has 0 unspecified atom stereocenters. The maximum atomic E-state index is 12.5. The van der Waals surface area contributed by atoms with Gasteiger partial charge in [0.1, 0.15) is 0 Å². The van der Waals surface area contributed by atoms with Crippen LogP contribution in [0.4, 0.5) is 0 Å². The molecule has 0 atom stereocenters. The number of nitrogens with zero attached hydrogens (tertiary/aromatic N) is 3. The van der Waals surface area contributed by atoms with Crippen molar-refractivity contribution in [2.45, 2.75) is 39.2 Å². The minimum Gasteiger partial charge on any atom is -0.339 e. The van der Waals surface area contributed by atoms with Gasteiger partial charge in [-0.05, 0) is 53.1 Å². The molecular formula is C15H26N4O. The summed E-state index contributed by atoms with van der Waals surface area (Å²) in [4.78, 5) is 14.4. The lowest BCUT2D eigenvalue weighted by Gasteiger charge is -2.31. The van der Waals surface area contributed by atoms with E-state index in [2.05, 4.69) is 31.2 Å². The molecule has 1 aromatic heterocycles. The second-order valence-corrected chi connectivity index (χ2v) is 6.64. The van der Waals surface area contributed by atoms with Crippen molar-refractivity contribution in [3.8, 4) is 0 Å². The Morgan fingerprint density at radius 3 is 2.55 bits per heavy atom. The molecule has 0 radical (unpaired) electrons. The van der Waals surface area contributed by atoms with Crippen molar-refractivity contribution >= 4 is 5.91 Å². The number of nitrogens with one attached hydrogen (secondary N) is 1. The van der Waals surface area contributed by atoms with Crippen molar-refractivity contribution in [3.05, 3.63) is 18.0 Å². The average molecular weight is 278 g/mol. The summed E-state index contributed by atoms with van der Waals surface area (Å²) in [6, 6.07) is 0. The highest BCUT2D eigenvalue weighted by Gasteiger charge is 2.25. The van der Waals surface area contributed by atoms with Crippen molar-refractivity contribution < 1.29 is 4.79 Å². The van der Waals surface area contributed by atoms with Crippen LogP contribution in [0.1, 0.15) is 44.0 Å². The smallest absolute Gasteiger partial charge is 0.257 e. The molecule has 1 saturated heterocycles. The van der Waals surface area contributed by atoms with Crippen LogP contribution in [0.5, 0.6) is 0 Å². The van der Waals surface area contributed by atoms with Gasteiger partial charge in [0.05, 0.1) is 17.3 Å². The molecule has 2 heterocycles. The maximum Gasteiger partial charge on any atom is 0.257 e. The zero-order valence-corrected chi connectivity index (χ0v) is 13.0. The minimum absolute atomic E-state index is 0.0850. The molecule has 0 aliphatic carbocycles. The molecule has 1 aliphatic rings. The van der Waals surface area contributed by atoms with Crippen molar-refractivity contribution in [3.63, 3.8) is 0 Å². The Balaban J connectivity index is 1.97. The van der Waals surface area contributed by atoms with Gasteiger partial charge in [-0.15, -0.1) is 0 Å². The molecule has 2 rings (SSSR count). The summed E-state index contributed by atoms with van der Waals surface area (Å²) < 4.78 is 1.86. The Morgan fingerprint density at radius 2 is 2.05 bits per heavy atom. The Hall–Kier alpha value is -1.36. The van der Waals surface area contributed by atoms with E-state index in [0.717, 1.165) is 32.5 Å². The van der Waals surface area contributed by atoms with Gasteiger partial charge in [0.15, 0.2) is 0 Å². The molecule has 0 saturated carbocycles. The van der Waals surface area contributed by atoms with Crippen LogP contribution in [-0.4, -0.2) is 47.3 Å². The molecule has 1 aliphatic heterocycles. The molecule has 5 heteroatoms. The fraction of sp³-hybridized carbons (Fsp3) is 0.733. The number of piperidine rings is 1. The van der Waals surface area contributed by atoms with E-state index in [-0.39, 0.29) is 11.4 Å². The van der Waals surface area contributed by atoms with E-state index in [9.17, 15) is 4.79 Å². The summed E-state index contributed by atoms with van der Waals surface area (Å²) in [6.07, 6.45) is 5.72. The first kappa shape index (κ1) is 15.0. The third kappa shape index (κ3) is 3.39. The van der Waals surface area contributed by atoms with Gasteiger partial charge in [0.25, 0.3) is 5.91 Å². The summed E-state index contributed by atoms with van der Waals surface area (Å²) in [5.74, 6) is 0.810. The van der Waals surface area contributed by atoms with Gasteiger partial charge in [-0.2, -0.15) is 5.10 Å². The highest BCUT2D eigenvalue weighted by atomic mass is 16.2. The van der Waals surface area contributed by atoms with E-state index in [1.807, 2.05) is 22.8 Å². The van der Waals surface area contributed by atoms with Gasteiger partial charge in [0.2, 0.25) is 0 Å². The number of carbonyl (C=O) groups excluding carboxylic acids is 1. The van der Waals surface area contributed by atoms with E-state index in [1.165, 1.54) is 0 Å². The summed E-state index contributed by atoms with van der Waals surface area (Å²) in [7, 11) is 1.98. The quantitative estimate of drug-likeness (QED) is 0.915. The lowest BCUT2D eigenvalue weighted by Crippen LogP contribution is -2.40. The van der Waals surface area contributed by atoms with Crippen LogP contribution in [0.25, 0.3) is 0 Å². The van der Waals surface area contributed by atoms with Crippen LogP contribution < -0.4 is 5.32 Å². The van der Waals surface area contributed by atoms with Gasteiger partial charge in [-0.3, -0.25) is 9.48 Å². The number of carbonyl (C=O) groups is 1. The van der Waals surface area contributed by atoms with Crippen molar-refractivity contribution in [2.24, 2.45) is 5.92 Å². The number of hydrogen-bond donors (Lipinski definition) is 1. The molecule has 1 N–H and O–H groups in total. The van der Waals surface area contributed by atoms with Gasteiger partial charge in [-0.1, -0.05) is 0 Å². The van der Waals surface area contributed by atoms with Gasteiger partial charge >= 0.3 is 0 Å². The second-order valence-electron chi connectivity index (χ2n) is 6.64. The fourth-order valence-corrected chi connectivity index (χ4v) is 2.61. The highest BCUT2D eigenvalue weighted by Crippen LogP contribution is 2.19. The molecule has 1 amide bonds. The number of aromatic nitrogens is 2. The molecule has 20 heavy (non-hydrogen) atoms. The van der Waals surface area contributed by atoms with Crippen LogP contribution in [0.3, 0.4) is 0 Å². The van der Waals surface area contributed by atoms with E-state index < -0.39 is 0 Å². The Bertz CT molecular complexity index is 453. The number of rotatable bonds is 3. The molecule has 1 aromatic rings.